The number of aliphatic hydroxyl groups is 5. The summed E-state index contributed by atoms with van der Waals surface area (Å²) in [5, 5.41) is 57.8. The summed E-state index contributed by atoms with van der Waals surface area (Å²) in [5.41, 5.74) is 3.93. The summed E-state index contributed by atoms with van der Waals surface area (Å²) < 4.78 is 13.6. The summed E-state index contributed by atoms with van der Waals surface area (Å²) in [6.07, 6.45) is -1.09. The van der Waals surface area contributed by atoms with Crippen molar-refractivity contribution in [2.45, 2.75) is 62.2 Å². The number of imidazole rings is 1. The zero-order valence-corrected chi connectivity index (χ0v) is 26.3. The minimum atomic E-state index is -1.43. The summed E-state index contributed by atoms with van der Waals surface area (Å²) in [7, 11) is 0. The molecular formula is C34H37N7O8. The first kappa shape index (κ1) is 32.6. The second kappa shape index (κ2) is 13.9. The standard InChI is InChI=1S/C34H37N7O8/c42-14-25-30(46)27(40-33(47)20-11-22(43)29(45)23(44)12-20)34(49-25)41-17-39-28-31(37-16-38-32(28)41)35-10-9-19-13-36-26-21(19)7-4-8-24(26)48-15-18-5-2-1-3-6-18/h1-8,11,13,16-17,22-23,25,27,29-30,34,36,42-46H,9-10,12,14-15H2,(H,40,47)(H,35,37,38)/t22?,23?,25-,27-,29?,30-,34-/m1/s1. The number of nitrogens with zero attached hydrogens (tertiary/aromatic N) is 4. The molecular weight excluding hydrogens is 634 g/mol. The number of hydrogen-bond acceptors (Lipinski definition) is 12. The number of aromatic nitrogens is 5. The minimum Gasteiger partial charge on any atom is -0.487 e. The maximum atomic E-state index is 13.2. The summed E-state index contributed by atoms with van der Waals surface area (Å²) >= 11 is 0. The second-order valence-electron chi connectivity index (χ2n) is 12.2. The molecule has 1 aliphatic heterocycles. The predicted octanol–water partition coefficient (Wildman–Crippen LogP) is 0.689. The van der Waals surface area contributed by atoms with Gasteiger partial charge in [0.2, 0.25) is 5.91 Å². The van der Waals surface area contributed by atoms with Crippen LogP contribution in [0.5, 0.6) is 5.75 Å². The maximum absolute atomic E-state index is 13.2. The van der Waals surface area contributed by atoms with Crippen LogP contribution in [-0.2, 0) is 22.6 Å². The molecule has 3 aromatic heterocycles. The Labute approximate surface area is 279 Å². The van der Waals surface area contributed by atoms with E-state index in [0.717, 1.165) is 27.8 Å². The Bertz CT molecular complexity index is 1960. The van der Waals surface area contributed by atoms with Crippen LogP contribution in [0.3, 0.4) is 0 Å². The molecule has 7 rings (SSSR count). The van der Waals surface area contributed by atoms with Crippen molar-refractivity contribution in [1.82, 2.24) is 29.8 Å². The van der Waals surface area contributed by atoms with E-state index in [0.29, 0.717) is 36.6 Å². The first-order valence-electron chi connectivity index (χ1n) is 16.0. The van der Waals surface area contributed by atoms with E-state index in [9.17, 15) is 30.3 Å². The fourth-order valence-electron chi connectivity index (χ4n) is 6.38. The number of aliphatic hydroxyl groups excluding tert-OH is 5. The number of carbonyl (C=O) groups is 1. The molecule has 0 radical (unpaired) electrons. The van der Waals surface area contributed by atoms with E-state index in [1.54, 1.807) is 4.57 Å². The van der Waals surface area contributed by atoms with E-state index in [-0.39, 0.29) is 12.0 Å². The van der Waals surface area contributed by atoms with Crippen LogP contribution in [0.1, 0.15) is 23.8 Å². The summed E-state index contributed by atoms with van der Waals surface area (Å²) in [5.74, 6) is 0.572. The zero-order chi connectivity index (χ0) is 34.1. The number of hydrogen-bond donors (Lipinski definition) is 8. The Morgan fingerprint density at radius 3 is 2.67 bits per heavy atom. The van der Waals surface area contributed by atoms with Gasteiger partial charge >= 0.3 is 0 Å². The molecule has 0 saturated carbocycles. The Hall–Kier alpha value is -4.90. The maximum Gasteiger partial charge on any atom is 0.247 e. The SMILES string of the molecule is O=C(N[C@@H]1[C@H](O)[C@@H](CO)O[C@H]1n1cnc2c(NCCc3c[nH]c4c(OCc5ccccc5)cccc34)ncnc21)C1=CC(O)C(O)C(O)C1. The Morgan fingerprint density at radius 1 is 1.04 bits per heavy atom. The molecule has 8 N–H and O–H groups in total. The predicted molar refractivity (Wildman–Crippen MR) is 176 cm³/mol. The molecule has 0 spiro atoms. The number of anilines is 1. The van der Waals surface area contributed by atoms with Gasteiger partial charge in [0, 0.05) is 30.1 Å². The Morgan fingerprint density at radius 2 is 1.88 bits per heavy atom. The smallest absolute Gasteiger partial charge is 0.247 e. The highest BCUT2D eigenvalue weighted by atomic mass is 16.5. The zero-order valence-electron chi connectivity index (χ0n) is 26.3. The average molecular weight is 672 g/mol. The van der Waals surface area contributed by atoms with Gasteiger partial charge in [0.05, 0.1) is 24.6 Å². The molecule has 1 saturated heterocycles. The third-order valence-corrected chi connectivity index (χ3v) is 9.00. The molecule has 15 heteroatoms. The third kappa shape index (κ3) is 6.47. The lowest BCUT2D eigenvalue weighted by molar-refractivity contribution is -0.121. The molecule has 15 nitrogen and oxygen atoms in total. The molecule has 7 atom stereocenters. The number of benzene rings is 2. The van der Waals surface area contributed by atoms with Gasteiger partial charge < -0.3 is 50.6 Å². The van der Waals surface area contributed by atoms with Crippen molar-refractivity contribution in [3.05, 3.63) is 90.2 Å². The van der Waals surface area contributed by atoms with Crippen molar-refractivity contribution in [1.29, 1.82) is 0 Å². The van der Waals surface area contributed by atoms with Crippen molar-refractivity contribution in [3.8, 4) is 5.75 Å². The van der Waals surface area contributed by atoms with Crippen molar-refractivity contribution in [3.63, 3.8) is 0 Å². The van der Waals surface area contributed by atoms with Crippen molar-refractivity contribution < 1.29 is 39.8 Å². The number of aromatic amines is 1. The van der Waals surface area contributed by atoms with E-state index in [2.05, 4.69) is 30.6 Å². The van der Waals surface area contributed by atoms with E-state index in [4.69, 9.17) is 9.47 Å². The second-order valence-corrected chi connectivity index (χ2v) is 12.2. The van der Waals surface area contributed by atoms with Crippen LogP contribution in [0, 0.1) is 0 Å². The summed E-state index contributed by atoms with van der Waals surface area (Å²) in [6, 6.07) is 14.9. The summed E-state index contributed by atoms with van der Waals surface area (Å²) in [6.45, 7) is 0.466. The fraction of sp³-hybridized carbons (Fsp3) is 0.353. The van der Waals surface area contributed by atoms with Crippen LogP contribution in [0.2, 0.25) is 0 Å². The van der Waals surface area contributed by atoms with Gasteiger partial charge in [0.15, 0.2) is 23.2 Å². The largest absolute Gasteiger partial charge is 0.487 e. The molecule has 5 aromatic rings. The number of ether oxygens (including phenoxy) is 2. The number of amides is 1. The van der Waals surface area contributed by atoms with E-state index in [1.165, 1.54) is 18.7 Å². The normalized spacial score (nSPS) is 25.4. The van der Waals surface area contributed by atoms with Gasteiger partial charge in [-0.2, -0.15) is 0 Å². The fourth-order valence-corrected chi connectivity index (χ4v) is 6.38. The van der Waals surface area contributed by atoms with Gasteiger partial charge in [0.25, 0.3) is 0 Å². The number of para-hydroxylation sites is 1. The van der Waals surface area contributed by atoms with E-state index in [1.807, 2.05) is 54.7 Å². The van der Waals surface area contributed by atoms with Crippen molar-refractivity contribution >= 4 is 33.8 Å². The lowest BCUT2D eigenvalue weighted by Crippen LogP contribution is -2.49. The quantitative estimate of drug-likeness (QED) is 0.0973. The highest BCUT2D eigenvalue weighted by Crippen LogP contribution is 2.33. The molecule has 3 unspecified atom stereocenters. The van der Waals surface area contributed by atoms with Gasteiger partial charge in [-0.25, -0.2) is 15.0 Å². The van der Waals surface area contributed by atoms with Crippen LogP contribution in [0.4, 0.5) is 5.82 Å². The molecule has 2 aliphatic rings. The first-order chi connectivity index (χ1) is 23.8. The van der Waals surface area contributed by atoms with Gasteiger partial charge in [0.1, 0.15) is 49.1 Å². The topological polar surface area (TPSA) is 220 Å². The first-order valence-corrected chi connectivity index (χ1v) is 16.0. The van der Waals surface area contributed by atoms with Gasteiger partial charge in [-0.3, -0.25) is 9.36 Å². The number of carbonyl (C=O) groups excluding carboxylic acids is 1. The molecule has 2 aromatic carbocycles. The highest BCUT2D eigenvalue weighted by molar-refractivity contribution is 5.94. The lowest BCUT2D eigenvalue weighted by atomic mass is 9.91. The van der Waals surface area contributed by atoms with Crippen molar-refractivity contribution in [2.24, 2.45) is 0 Å². The number of rotatable bonds is 11. The molecule has 1 amide bonds. The number of H-pyrrole nitrogens is 1. The Kier molecular flexibility index (Phi) is 9.27. The molecule has 0 bridgehead atoms. The van der Waals surface area contributed by atoms with Gasteiger partial charge in [-0.1, -0.05) is 42.5 Å². The molecule has 1 fully saturated rings. The highest BCUT2D eigenvalue weighted by Gasteiger charge is 2.46. The molecule has 1 aliphatic carbocycles. The monoisotopic (exact) mass is 671 g/mol. The van der Waals surface area contributed by atoms with Crippen LogP contribution in [-0.4, -0.2) is 106 Å². The molecule has 4 heterocycles. The molecule has 49 heavy (non-hydrogen) atoms. The van der Waals surface area contributed by atoms with Gasteiger partial charge in [-0.05, 0) is 29.7 Å². The van der Waals surface area contributed by atoms with Crippen LogP contribution in [0.15, 0.2) is 79.0 Å². The molecule has 256 valence electrons. The van der Waals surface area contributed by atoms with E-state index < -0.39 is 55.3 Å². The number of fused-ring (bicyclic) bond motifs is 2. The van der Waals surface area contributed by atoms with Crippen LogP contribution >= 0.6 is 0 Å². The van der Waals surface area contributed by atoms with Crippen LogP contribution in [0.25, 0.3) is 22.1 Å². The minimum absolute atomic E-state index is 0.0409. The van der Waals surface area contributed by atoms with Crippen LogP contribution < -0.4 is 15.4 Å². The lowest BCUT2D eigenvalue weighted by Gasteiger charge is -2.29. The van der Waals surface area contributed by atoms with Gasteiger partial charge in [-0.15, -0.1) is 0 Å². The van der Waals surface area contributed by atoms with E-state index >= 15 is 0 Å². The van der Waals surface area contributed by atoms with Crippen molar-refractivity contribution in [2.75, 3.05) is 18.5 Å². The Balaban J connectivity index is 1.05. The summed E-state index contributed by atoms with van der Waals surface area (Å²) in [4.78, 5) is 29.8. The number of nitrogens with one attached hydrogen (secondary N) is 3. The average Bonchev–Trinajstić information content (AvgIpc) is 3.82. The third-order valence-electron chi connectivity index (χ3n) is 9.00.